The van der Waals surface area contributed by atoms with E-state index in [-0.39, 0.29) is 19.0 Å². The van der Waals surface area contributed by atoms with Crippen LogP contribution in [-0.2, 0) is 19.0 Å². The van der Waals surface area contributed by atoms with Gasteiger partial charge in [-0.3, -0.25) is 4.18 Å². The van der Waals surface area contributed by atoms with E-state index < -0.39 is 10.1 Å². The fraction of sp³-hybridized carbons (Fsp3) is 1.00. The molecule has 0 rings (SSSR count). The van der Waals surface area contributed by atoms with E-state index in [0.29, 0.717) is 19.6 Å². The van der Waals surface area contributed by atoms with E-state index in [4.69, 9.17) is 9.84 Å². The Morgan fingerprint density at radius 1 is 1.14 bits per heavy atom. The topological polar surface area (TPSA) is 72.8 Å². The van der Waals surface area contributed by atoms with Crippen LogP contribution in [0.5, 0.6) is 0 Å². The van der Waals surface area contributed by atoms with Gasteiger partial charge in [0.15, 0.2) is 0 Å². The number of aliphatic hydroxyl groups is 1. The first kappa shape index (κ1) is 13.8. The van der Waals surface area contributed by atoms with E-state index in [2.05, 4.69) is 4.18 Å². The van der Waals surface area contributed by atoms with Gasteiger partial charge in [-0.05, 0) is 19.8 Å². The minimum atomic E-state index is -3.30. The van der Waals surface area contributed by atoms with E-state index in [0.717, 1.165) is 6.42 Å². The van der Waals surface area contributed by atoms with Gasteiger partial charge in [-0.25, -0.2) is 0 Å². The van der Waals surface area contributed by atoms with Crippen molar-refractivity contribution in [2.24, 2.45) is 0 Å². The van der Waals surface area contributed by atoms with Crippen LogP contribution < -0.4 is 0 Å². The second-order valence-corrected chi connectivity index (χ2v) is 4.64. The van der Waals surface area contributed by atoms with Crippen molar-refractivity contribution in [2.45, 2.75) is 19.8 Å². The first-order valence-corrected chi connectivity index (χ1v) is 6.26. The third-order valence-corrected chi connectivity index (χ3v) is 2.77. The molecule has 0 amide bonds. The summed E-state index contributed by atoms with van der Waals surface area (Å²) >= 11 is 0. The van der Waals surface area contributed by atoms with Crippen molar-refractivity contribution < 1.29 is 22.4 Å². The van der Waals surface area contributed by atoms with Crippen LogP contribution in [0, 0.1) is 0 Å². The Balaban J connectivity index is 3.22. The highest BCUT2D eigenvalue weighted by Gasteiger charge is 2.05. The van der Waals surface area contributed by atoms with Crippen LogP contribution >= 0.6 is 0 Å². The zero-order chi connectivity index (χ0) is 10.9. The molecule has 14 heavy (non-hydrogen) atoms. The molecule has 0 aromatic carbocycles. The van der Waals surface area contributed by atoms with E-state index in [1.165, 1.54) is 0 Å². The lowest BCUT2D eigenvalue weighted by Crippen LogP contribution is -2.10. The second-order valence-electron chi connectivity index (χ2n) is 2.71. The second kappa shape index (κ2) is 8.16. The molecule has 0 unspecified atom stereocenters. The summed E-state index contributed by atoms with van der Waals surface area (Å²) in [7, 11) is -3.30. The van der Waals surface area contributed by atoms with Crippen LogP contribution in [-0.4, -0.2) is 45.7 Å². The van der Waals surface area contributed by atoms with Gasteiger partial charge in [-0.15, -0.1) is 0 Å². The molecule has 0 aromatic rings. The summed E-state index contributed by atoms with van der Waals surface area (Å²) in [6.07, 6.45) is 1.38. The van der Waals surface area contributed by atoms with Crippen LogP contribution in [0.25, 0.3) is 0 Å². The van der Waals surface area contributed by atoms with Crippen molar-refractivity contribution in [1.29, 1.82) is 0 Å². The summed E-state index contributed by atoms with van der Waals surface area (Å²) in [4.78, 5) is 0. The van der Waals surface area contributed by atoms with Crippen molar-refractivity contribution in [3.8, 4) is 0 Å². The van der Waals surface area contributed by atoms with Crippen molar-refractivity contribution in [1.82, 2.24) is 0 Å². The van der Waals surface area contributed by atoms with Gasteiger partial charge in [0.05, 0.1) is 25.6 Å². The van der Waals surface area contributed by atoms with Gasteiger partial charge in [0.1, 0.15) is 0 Å². The average Bonchev–Trinajstić information content (AvgIpc) is 2.16. The molecule has 0 radical (unpaired) electrons. The highest BCUT2D eigenvalue weighted by molar-refractivity contribution is 7.86. The molecule has 0 aromatic heterocycles. The SMILES string of the molecule is CCS(=O)(=O)OCCCCOCCO. The van der Waals surface area contributed by atoms with Gasteiger partial charge < -0.3 is 9.84 Å². The predicted molar refractivity (Wildman–Crippen MR) is 52.6 cm³/mol. The molecule has 0 saturated heterocycles. The first-order chi connectivity index (χ1) is 6.62. The molecule has 1 N–H and O–H groups in total. The Bertz CT molecular complexity index is 212. The maximum atomic E-state index is 10.8. The lowest BCUT2D eigenvalue weighted by molar-refractivity contribution is 0.0879. The molecule has 0 atom stereocenters. The molecule has 5 nitrogen and oxygen atoms in total. The van der Waals surface area contributed by atoms with Gasteiger partial charge >= 0.3 is 0 Å². The number of hydrogen-bond donors (Lipinski definition) is 1. The summed E-state index contributed by atoms with van der Waals surface area (Å²) in [5.74, 6) is 0.00795. The van der Waals surface area contributed by atoms with Crippen LogP contribution in [0.1, 0.15) is 19.8 Å². The lowest BCUT2D eigenvalue weighted by atomic mass is 10.3. The summed E-state index contributed by atoms with van der Waals surface area (Å²) in [5, 5.41) is 8.38. The van der Waals surface area contributed by atoms with Crippen molar-refractivity contribution >= 4 is 10.1 Å². The number of hydrogen-bond acceptors (Lipinski definition) is 5. The first-order valence-electron chi connectivity index (χ1n) is 4.68. The molecular weight excluding hydrogens is 208 g/mol. The highest BCUT2D eigenvalue weighted by Crippen LogP contribution is 1.97. The molecule has 0 bridgehead atoms. The number of ether oxygens (including phenoxy) is 1. The van der Waals surface area contributed by atoms with Gasteiger partial charge in [-0.1, -0.05) is 0 Å². The average molecular weight is 226 g/mol. The summed E-state index contributed by atoms with van der Waals surface area (Å²) in [6, 6.07) is 0. The number of rotatable bonds is 9. The molecule has 0 saturated carbocycles. The van der Waals surface area contributed by atoms with Gasteiger partial charge in [-0.2, -0.15) is 8.42 Å². The van der Waals surface area contributed by atoms with Crippen molar-refractivity contribution in [3.05, 3.63) is 0 Å². The van der Waals surface area contributed by atoms with Gasteiger partial charge in [0, 0.05) is 6.61 Å². The van der Waals surface area contributed by atoms with Crippen LogP contribution in [0.2, 0.25) is 0 Å². The molecule has 6 heteroatoms. The molecule has 0 heterocycles. The fourth-order valence-electron chi connectivity index (χ4n) is 0.742. The summed E-state index contributed by atoms with van der Waals surface area (Å²) < 4.78 is 31.3. The maximum Gasteiger partial charge on any atom is 0.267 e. The highest BCUT2D eigenvalue weighted by atomic mass is 32.2. The molecule has 0 spiro atoms. The van der Waals surface area contributed by atoms with Crippen LogP contribution in [0.4, 0.5) is 0 Å². The van der Waals surface area contributed by atoms with E-state index in [1.807, 2.05) is 0 Å². The van der Waals surface area contributed by atoms with Crippen LogP contribution in [0.15, 0.2) is 0 Å². The monoisotopic (exact) mass is 226 g/mol. The summed E-state index contributed by atoms with van der Waals surface area (Å²) in [5.41, 5.74) is 0. The van der Waals surface area contributed by atoms with Gasteiger partial charge in [0.2, 0.25) is 0 Å². The molecular formula is C8H18O5S. The Hall–Kier alpha value is -0.170. The fourth-order valence-corrected chi connectivity index (χ4v) is 1.28. The Labute approximate surface area is 85.1 Å². The third kappa shape index (κ3) is 8.43. The van der Waals surface area contributed by atoms with E-state index in [1.54, 1.807) is 6.92 Å². The smallest absolute Gasteiger partial charge is 0.267 e. The quantitative estimate of drug-likeness (QED) is 0.447. The predicted octanol–water partition coefficient (Wildman–Crippen LogP) is 0.142. The molecule has 0 aliphatic rings. The normalized spacial score (nSPS) is 11.9. The Morgan fingerprint density at radius 2 is 1.79 bits per heavy atom. The minimum absolute atomic E-state index is 0.00795. The van der Waals surface area contributed by atoms with Crippen molar-refractivity contribution in [3.63, 3.8) is 0 Å². The maximum absolute atomic E-state index is 10.8. The zero-order valence-corrected chi connectivity index (χ0v) is 9.25. The van der Waals surface area contributed by atoms with Gasteiger partial charge in [0.25, 0.3) is 10.1 Å². The van der Waals surface area contributed by atoms with E-state index >= 15 is 0 Å². The number of aliphatic hydroxyl groups excluding tert-OH is 1. The lowest BCUT2D eigenvalue weighted by Gasteiger charge is -2.03. The number of unbranched alkanes of at least 4 members (excludes halogenated alkanes) is 1. The Morgan fingerprint density at radius 3 is 2.36 bits per heavy atom. The standard InChI is InChI=1S/C8H18O5S/c1-2-14(10,11)13-7-4-3-6-12-8-5-9/h9H,2-8H2,1H3. The van der Waals surface area contributed by atoms with E-state index in [9.17, 15) is 8.42 Å². The Kier molecular flexibility index (Phi) is 8.07. The molecule has 0 aliphatic heterocycles. The zero-order valence-electron chi connectivity index (χ0n) is 8.44. The van der Waals surface area contributed by atoms with Crippen LogP contribution in [0.3, 0.4) is 0 Å². The largest absolute Gasteiger partial charge is 0.394 e. The molecule has 0 fully saturated rings. The molecule has 0 aliphatic carbocycles. The van der Waals surface area contributed by atoms with Crippen molar-refractivity contribution in [2.75, 3.05) is 32.2 Å². The summed E-state index contributed by atoms with van der Waals surface area (Å²) in [6.45, 7) is 2.61. The minimum Gasteiger partial charge on any atom is -0.394 e. The molecule has 86 valence electrons. The third-order valence-electron chi connectivity index (χ3n) is 1.54.